The van der Waals surface area contributed by atoms with E-state index in [1.807, 2.05) is 13.8 Å². The first-order valence-corrected chi connectivity index (χ1v) is 13.3. The molecule has 0 aromatic carbocycles. The SMILES string of the molecule is CCCOC(=O)[CH2][Hg][CH2]C(=O)OCCC. The van der Waals surface area contributed by atoms with Crippen molar-refractivity contribution in [2.45, 2.75) is 34.5 Å². The van der Waals surface area contributed by atoms with Crippen LogP contribution in [0.4, 0.5) is 0 Å². The van der Waals surface area contributed by atoms with Gasteiger partial charge in [-0.3, -0.25) is 0 Å². The number of hydrogen-bond acceptors (Lipinski definition) is 4. The van der Waals surface area contributed by atoms with Gasteiger partial charge in [-0.25, -0.2) is 0 Å². The molecule has 0 saturated carbocycles. The van der Waals surface area contributed by atoms with E-state index < -0.39 is 24.6 Å². The second-order valence-electron chi connectivity index (χ2n) is 3.29. The van der Waals surface area contributed by atoms with Crippen LogP contribution in [-0.2, 0) is 43.6 Å². The molecular weight excluding hydrogens is 385 g/mol. The van der Waals surface area contributed by atoms with Gasteiger partial charge in [-0.15, -0.1) is 0 Å². The summed E-state index contributed by atoms with van der Waals surface area (Å²) in [7, 11) is 0. The molecule has 0 aromatic rings. The Morgan fingerprint density at radius 2 is 1.33 bits per heavy atom. The van der Waals surface area contributed by atoms with E-state index in [0.717, 1.165) is 12.8 Å². The van der Waals surface area contributed by atoms with E-state index in [1.54, 1.807) is 0 Å². The molecule has 15 heavy (non-hydrogen) atoms. The van der Waals surface area contributed by atoms with E-state index in [-0.39, 0.29) is 11.9 Å². The Morgan fingerprint density at radius 3 is 1.67 bits per heavy atom. The van der Waals surface area contributed by atoms with Gasteiger partial charge in [0.25, 0.3) is 0 Å². The Kier molecular flexibility index (Phi) is 10.3. The summed E-state index contributed by atoms with van der Waals surface area (Å²) in [5.41, 5.74) is 0. The average Bonchev–Trinajstić information content (AvgIpc) is 2.23. The third-order valence-corrected chi connectivity index (χ3v) is 7.62. The van der Waals surface area contributed by atoms with E-state index in [0.29, 0.717) is 21.1 Å². The summed E-state index contributed by atoms with van der Waals surface area (Å²) in [6.07, 6.45) is 1.70. The minimum atomic E-state index is -1.40. The second-order valence-corrected chi connectivity index (χ2v) is 9.93. The number of esters is 2. The van der Waals surface area contributed by atoms with Crippen molar-refractivity contribution in [3.8, 4) is 0 Å². The van der Waals surface area contributed by atoms with Crippen LogP contribution in [0, 0.1) is 0 Å². The Hall–Kier alpha value is -0.125. The first-order valence-electron chi connectivity index (χ1n) is 5.52. The van der Waals surface area contributed by atoms with Crippen LogP contribution in [0.5, 0.6) is 0 Å². The molecule has 0 aliphatic carbocycles. The normalized spacial score (nSPS) is 9.20. The van der Waals surface area contributed by atoms with Crippen LogP contribution in [0.3, 0.4) is 0 Å². The molecule has 84 valence electrons. The molecular formula is C10H18HgO4. The van der Waals surface area contributed by atoms with E-state index >= 15 is 0 Å². The Morgan fingerprint density at radius 1 is 0.933 bits per heavy atom. The second kappa shape index (κ2) is 10.4. The van der Waals surface area contributed by atoms with Gasteiger partial charge in [-0.2, -0.15) is 0 Å². The molecule has 0 bridgehead atoms. The topological polar surface area (TPSA) is 52.6 Å². The van der Waals surface area contributed by atoms with Crippen LogP contribution < -0.4 is 0 Å². The van der Waals surface area contributed by atoms with Crippen molar-refractivity contribution in [2.75, 3.05) is 13.2 Å². The van der Waals surface area contributed by atoms with Crippen molar-refractivity contribution in [3.05, 3.63) is 0 Å². The van der Waals surface area contributed by atoms with E-state index in [2.05, 4.69) is 0 Å². The molecule has 0 heterocycles. The zero-order chi connectivity index (χ0) is 11.5. The maximum atomic E-state index is 11.1. The summed E-state index contributed by atoms with van der Waals surface area (Å²) in [6, 6.07) is 0. The third-order valence-electron chi connectivity index (χ3n) is 1.70. The molecule has 0 rings (SSSR count). The van der Waals surface area contributed by atoms with E-state index in [1.165, 1.54) is 0 Å². The van der Waals surface area contributed by atoms with Crippen molar-refractivity contribution in [1.82, 2.24) is 0 Å². The van der Waals surface area contributed by atoms with Crippen molar-refractivity contribution in [1.29, 1.82) is 0 Å². The van der Waals surface area contributed by atoms with Gasteiger partial charge >= 0.3 is 103 Å². The summed E-state index contributed by atoms with van der Waals surface area (Å²) in [5, 5.41) is 0. The molecule has 0 aliphatic heterocycles. The number of carbonyl (C=O) groups excluding carboxylic acids is 2. The van der Waals surface area contributed by atoms with Gasteiger partial charge in [0.2, 0.25) is 0 Å². The standard InChI is InChI=1S/2C5H9O2.Hg/c2*1-3-4-7-5(2)6;/h2*2-4H2,1H3;. The van der Waals surface area contributed by atoms with Gasteiger partial charge in [0.05, 0.1) is 0 Å². The summed E-state index contributed by atoms with van der Waals surface area (Å²) in [5.74, 6) is -0.274. The van der Waals surface area contributed by atoms with Crippen molar-refractivity contribution >= 4 is 11.9 Å². The molecule has 4 nitrogen and oxygen atoms in total. The van der Waals surface area contributed by atoms with E-state index in [9.17, 15) is 9.59 Å². The van der Waals surface area contributed by atoms with Crippen LogP contribution >= 0.6 is 0 Å². The summed E-state index contributed by atoms with van der Waals surface area (Å²) < 4.78 is 10.9. The fourth-order valence-corrected chi connectivity index (χ4v) is 5.01. The zero-order valence-corrected chi connectivity index (χ0v) is 15.1. The van der Waals surface area contributed by atoms with Crippen LogP contribution in [0.2, 0.25) is 7.86 Å². The molecule has 0 radical (unpaired) electrons. The maximum absolute atomic E-state index is 11.1. The number of rotatable bonds is 8. The number of hydrogen-bond donors (Lipinski definition) is 0. The molecule has 0 aromatic heterocycles. The summed E-state index contributed by atoms with van der Waals surface area (Å²) >= 11 is -1.40. The number of ether oxygens (including phenoxy) is 2. The number of carbonyl (C=O) groups is 2. The van der Waals surface area contributed by atoms with Gasteiger partial charge in [0.1, 0.15) is 0 Å². The summed E-state index contributed by atoms with van der Waals surface area (Å²) in [6.45, 7) is 4.90. The quantitative estimate of drug-likeness (QED) is 0.459. The van der Waals surface area contributed by atoms with Gasteiger partial charge in [0.15, 0.2) is 0 Å². The van der Waals surface area contributed by atoms with E-state index in [4.69, 9.17) is 9.47 Å². The summed E-state index contributed by atoms with van der Waals surface area (Å²) in [4.78, 5) is 22.2. The molecule has 0 aliphatic rings. The molecule has 0 spiro atoms. The monoisotopic (exact) mass is 404 g/mol. The van der Waals surface area contributed by atoms with Gasteiger partial charge in [0, 0.05) is 0 Å². The van der Waals surface area contributed by atoms with Crippen molar-refractivity contribution in [3.63, 3.8) is 0 Å². The van der Waals surface area contributed by atoms with Gasteiger partial charge in [-0.05, 0) is 0 Å². The molecule has 0 saturated heterocycles. The Labute approximate surface area is 103 Å². The zero-order valence-electron chi connectivity index (χ0n) is 9.58. The Bertz CT molecular complexity index is 174. The van der Waals surface area contributed by atoms with Gasteiger partial charge < -0.3 is 0 Å². The molecule has 0 N–H and O–H groups in total. The Balaban J connectivity index is 3.36. The van der Waals surface area contributed by atoms with Crippen LogP contribution in [0.1, 0.15) is 26.7 Å². The van der Waals surface area contributed by atoms with Crippen LogP contribution in [0.25, 0.3) is 0 Å². The van der Waals surface area contributed by atoms with Crippen molar-refractivity contribution in [2.24, 2.45) is 0 Å². The molecule has 0 atom stereocenters. The fraction of sp³-hybridized carbons (Fsp3) is 0.800. The first kappa shape index (κ1) is 14.9. The molecule has 0 fully saturated rings. The minimum absolute atomic E-state index is 0.137. The van der Waals surface area contributed by atoms with Crippen LogP contribution in [-0.4, -0.2) is 25.2 Å². The van der Waals surface area contributed by atoms with Crippen molar-refractivity contribution < 1.29 is 43.6 Å². The molecule has 0 unspecified atom stereocenters. The first-order chi connectivity index (χ1) is 7.20. The fourth-order valence-electron chi connectivity index (χ4n) is 0.953. The third kappa shape index (κ3) is 10.2. The molecule has 0 amide bonds. The van der Waals surface area contributed by atoms with Crippen LogP contribution in [0.15, 0.2) is 0 Å². The molecule has 5 heteroatoms. The average molecular weight is 403 g/mol. The predicted molar refractivity (Wildman–Crippen MR) is 52.1 cm³/mol. The predicted octanol–water partition coefficient (Wildman–Crippen LogP) is 1.81. The van der Waals surface area contributed by atoms with Gasteiger partial charge in [-0.1, -0.05) is 0 Å².